The third kappa shape index (κ3) is 4.00. The number of H-pyrrole nitrogens is 1. The molecule has 2 aromatic carbocycles. The van der Waals surface area contributed by atoms with Crippen molar-refractivity contribution in [1.29, 1.82) is 0 Å². The number of para-hydroxylation sites is 1. The summed E-state index contributed by atoms with van der Waals surface area (Å²) in [6, 6.07) is 18.9. The SMILES string of the molecule is O=C(Nc1ccc(NCCc2c[nH]c3ccccc23)cn1)c1ccccc1Cl. The molecule has 1 amide bonds. The predicted octanol–water partition coefficient (Wildman–Crippen LogP) is 5.12. The summed E-state index contributed by atoms with van der Waals surface area (Å²) in [6.07, 6.45) is 4.66. The number of aromatic nitrogens is 2. The molecule has 28 heavy (non-hydrogen) atoms. The molecule has 6 heteroatoms. The molecule has 0 aliphatic carbocycles. The Morgan fingerprint density at radius 3 is 2.68 bits per heavy atom. The molecule has 0 bridgehead atoms. The monoisotopic (exact) mass is 390 g/mol. The first kappa shape index (κ1) is 18.1. The fourth-order valence-corrected chi connectivity index (χ4v) is 3.30. The van der Waals surface area contributed by atoms with Crippen LogP contribution in [0.5, 0.6) is 0 Å². The van der Waals surface area contributed by atoms with Gasteiger partial charge in [-0.1, -0.05) is 41.9 Å². The molecule has 0 spiro atoms. The number of hydrogen-bond acceptors (Lipinski definition) is 3. The van der Waals surface area contributed by atoms with Crippen molar-refractivity contribution in [2.75, 3.05) is 17.2 Å². The third-order valence-corrected chi connectivity index (χ3v) is 4.85. The molecular weight excluding hydrogens is 372 g/mol. The van der Waals surface area contributed by atoms with E-state index in [1.54, 1.807) is 36.5 Å². The Labute approximate surface area is 167 Å². The lowest BCUT2D eigenvalue weighted by Gasteiger charge is -2.08. The molecule has 5 nitrogen and oxygen atoms in total. The molecule has 3 N–H and O–H groups in total. The number of carbonyl (C=O) groups is 1. The number of anilines is 2. The molecule has 2 aromatic heterocycles. The molecular formula is C22H19ClN4O. The summed E-state index contributed by atoms with van der Waals surface area (Å²) in [7, 11) is 0. The van der Waals surface area contributed by atoms with E-state index in [0.717, 1.165) is 24.2 Å². The smallest absolute Gasteiger partial charge is 0.258 e. The number of carbonyl (C=O) groups excluding carboxylic acids is 1. The van der Waals surface area contributed by atoms with Crippen LogP contribution in [0.25, 0.3) is 10.9 Å². The molecule has 2 heterocycles. The second-order valence-electron chi connectivity index (χ2n) is 6.40. The van der Waals surface area contributed by atoms with Gasteiger partial charge in [0.05, 0.1) is 22.5 Å². The highest BCUT2D eigenvalue weighted by Crippen LogP contribution is 2.19. The van der Waals surface area contributed by atoms with Crippen molar-refractivity contribution in [2.24, 2.45) is 0 Å². The summed E-state index contributed by atoms with van der Waals surface area (Å²) in [6.45, 7) is 0.787. The standard InChI is InChI=1S/C22H19ClN4O/c23-19-7-3-1-6-18(19)22(28)27-21-10-9-16(14-26-21)24-12-11-15-13-25-20-8-4-2-5-17(15)20/h1-10,13-14,24-25H,11-12H2,(H,26,27,28). The van der Waals surface area contributed by atoms with Crippen LogP contribution in [0.4, 0.5) is 11.5 Å². The Balaban J connectivity index is 1.33. The lowest BCUT2D eigenvalue weighted by atomic mass is 10.1. The zero-order valence-electron chi connectivity index (χ0n) is 15.1. The van der Waals surface area contributed by atoms with Crippen molar-refractivity contribution in [3.05, 3.63) is 89.2 Å². The van der Waals surface area contributed by atoms with Gasteiger partial charge in [-0.15, -0.1) is 0 Å². The van der Waals surface area contributed by atoms with Crippen molar-refractivity contribution in [3.63, 3.8) is 0 Å². The van der Waals surface area contributed by atoms with E-state index < -0.39 is 0 Å². The Hall–Kier alpha value is -3.31. The van der Waals surface area contributed by atoms with E-state index in [-0.39, 0.29) is 5.91 Å². The maximum absolute atomic E-state index is 12.3. The van der Waals surface area contributed by atoms with E-state index in [4.69, 9.17) is 11.6 Å². The number of amides is 1. The minimum absolute atomic E-state index is 0.279. The fraction of sp³-hybridized carbons (Fsp3) is 0.0909. The number of benzene rings is 2. The summed E-state index contributed by atoms with van der Waals surface area (Å²) >= 11 is 6.05. The van der Waals surface area contributed by atoms with Crippen LogP contribution in [-0.4, -0.2) is 22.4 Å². The molecule has 0 aliphatic heterocycles. The van der Waals surface area contributed by atoms with Gasteiger partial charge in [-0.05, 0) is 42.3 Å². The van der Waals surface area contributed by atoms with Crippen LogP contribution in [0.2, 0.25) is 5.02 Å². The number of halogens is 1. The van der Waals surface area contributed by atoms with E-state index in [2.05, 4.69) is 38.9 Å². The summed E-state index contributed by atoms with van der Waals surface area (Å²) in [5.74, 6) is 0.199. The minimum atomic E-state index is -0.279. The van der Waals surface area contributed by atoms with Gasteiger partial charge < -0.3 is 15.6 Å². The van der Waals surface area contributed by atoms with Gasteiger partial charge in [-0.2, -0.15) is 0 Å². The average Bonchev–Trinajstić information content (AvgIpc) is 3.13. The van der Waals surface area contributed by atoms with Crippen molar-refractivity contribution >= 4 is 39.9 Å². The predicted molar refractivity (Wildman–Crippen MR) is 114 cm³/mol. The van der Waals surface area contributed by atoms with Gasteiger partial charge in [0.15, 0.2) is 0 Å². The second kappa shape index (κ2) is 8.15. The molecule has 0 unspecified atom stereocenters. The Kier molecular flexibility index (Phi) is 5.26. The summed E-state index contributed by atoms with van der Waals surface area (Å²) < 4.78 is 0. The lowest BCUT2D eigenvalue weighted by molar-refractivity contribution is 0.102. The maximum atomic E-state index is 12.3. The van der Waals surface area contributed by atoms with E-state index in [9.17, 15) is 4.79 Å². The normalized spacial score (nSPS) is 10.8. The van der Waals surface area contributed by atoms with E-state index >= 15 is 0 Å². The summed E-state index contributed by atoms with van der Waals surface area (Å²) in [5, 5.41) is 7.78. The Morgan fingerprint density at radius 2 is 1.86 bits per heavy atom. The highest BCUT2D eigenvalue weighted by atomic mass is 35.5. The summed E-state index contributed by atoms with van der Waals surface area (Å²) in [4.78, 5) is 19.9. The minimum Gasteiger partial charge on any atom is -0.383 e. The number of nitrogens with one attached hydrogen (secondary N) is 3. The van der Waals surface area contributed by atoms with Crippen LogP contribution in [0.1, 0.15) is 15.9 Å². The first-order valence-corrected chi connectivity index (χ1v) is 9.39. The first-order valence-electron chi connectivity index (χ1n) is 9.01. The van der Waals surface area contributed by atoms with Gasteiger partial charge >= 0.3 is 0 Å². The van der Waals surface area contributed by atoms with Gasteiger partial charge in [-0.3, -0.25) is 4.79 Å². The van der Waals surface area contributed by atoms with Crippen LogP contribution in [0, 0.1) is 0 Å². The number of hydrogen-bond donors (Lipinski definition) is 3. The van der Waals surface area contributed by atoms with E-state index in [1.807, 2.05) is 18.2 Å². The molecule has 0 saturated carbocycles. The molecule has 4 aromatic rings. The van der Waals surface area contributed by atoms with E-state index in [0.29, 0.717) is 16.4 Å². The topological polar surface area (TPSA) is 69.8 Å². The van der Waals surface area contributed by atoms with Crippen molar-refractivity contribution in [1.82, 2.24) is 9.97 Å². The molecule has 0 saturated heterocycles. The number of aromatic amines is 1. The average molecular weight is 391 g/mol. The van der Waals surface area contributed by atoms with Gasteiger partial charge in [0.2, 0.25) is 0 Å². The van der Waals surface area contributed by atoms with Crippen LogP contribution < -0.4 is 10.6 Å². The highest BCUT2D eigenvalue weighted by Gasteiger charge is 2.10. The quantitative estimate of drug-likeness (QED) is 0.427. The number of pyridine rings is 1. The van der Waals surface area contributed by atoms with Gasteiger partial charge in [0, 0.05) is 23.6 Å². The highest BCUT2D eigenvalue weighted by molar-refractivity contribution is 6.34. The maximum Gasteiger partial charge on any atom is 0.258 e. The number of rotatable bonds is 6. The fourth-order valence-electron chi connectivity index (χ4n) is 3.08. The van der Waals surface area contributed by atoms with Crippen LogP contribution in [0.15, 0.2) is 73.1 Å². The zero-order chi connectivity index (χ0) is 19.3. The van der Waals surface area contributed by atoms with Crippen LogP contribution in [0.3, 0.4) is 0 Å². The molecule has 0 aliphatic rings. The lowest BCUT2D eigenvalue weighted by Crippen LogP contribution is -2.13. The molecule has 140 valence electrons. The van der Waals surface area contributed by atoms with Crippen molar-refractivity contribution in [3.8, 4) is 0 Å². The van der Waals surface area contributed by atoms with Gasteiger partial charge in [-0.25, -0.2) is 4.98 Å². The van der Waals surface area contributed by atoms with E-state index in [1.165, 1.54) is 10.9 Å². The van der Waals surface area contributed by atoms with Crippen LogP contribution >= 0.6 is 11.6 Å². The molecule has 4 rings (SSSR count). The number of nitrogens with zero attached hydrogens (tertiary/aromatic N) is 1. The molecule has 0 atom stereocenters. The molecule has 0 fully saturated rings. The number of fused-ring (bicyclic) bond motifs is 1. The summed E-state index contributed by atoms with van der Waals surface area (Å²) in [5.41, 5.74) is 3.75. The zero-order valence-corrected chi connectivity index (χ0v) is 15.8. The largest absolute Gasteiger partial charge is 0.383 e. The van der Waals surface area contributed by atoms with Crippen LogP contribution in [-0.2, 0) is 6.42 Å². The van der Waals surface area contributed by atoms with Crippen molar-refractivity contribution in [2.45, 2.75) is 6.42 Å². The van der Waals surface area contributed by atoms with Gasteiger partial charge in [0.25, 0.3) is 5.91 Å². The molecule has 0 radical (unpaired) electrons. The van der Waals surface area contributed by atoms with Gasteiger partial charge in [0.1, 0.15) is 5.82 Å². The van der Waals surface area contributed by atoms with Crippen molar-refractivity contribution < 1.29 is 4.79 Å². The Bertz CT molecular complexity index is 1100. The second-order valence-corrected chi connectivity index (χ2v) is 6.81. The Morgan fingerprint density at radius 1 is 1.04 bits per heavy atom. The third-order valence-electron chi connectivity index (χ3n) is 4.52. The first-order chi connectivity index (χ1) is 13.7.